The van der Waals surface area contributed by atoms with Crippen molar-refractivity contribution in [3.63, 3.8) is 0 Å². The highest BCUT2D eigenvalue weighted by Gasteiger charge is 2.19. The summed E-state index contributed by atoms with van der Waals surface area (Å²) in [7, 11) is 0. The lowest BCUT2D eigenvalue weighted by molar-refractivity contribution is 0.477. The highest BCUT2D eigenvalue weighted by molar-refractivity contribution is 5.82. The summed E-state index contributed by atoms with van der Waals surface area (Å²) in [5, 5.41) is 27.4. The molecule has 3 aromatic heterocycles. The van der Waals surface area contributed by atoms with Crippen LogP contribution in [0.5, 0.6) is 5.75 Å². The van der Waals surface area contributed by atoms with Crippen molar-refractivity contribution in [2.45, 2.75) is 19.9 Å². The number of nitrogen functional groups attached to an aromatic ring is 1. The lowest BCUT2D eigenvalue weighted by Crippen LogP contribution is -2.16. The molecule has 0 aliphatic rings. The molecule has 4 N–H and O–H groups in total. The Balaban J connectivity index is 1.83. The van der Waals surface area contributed by atoms with Gasteiger partial charge in [0.25, 0.3) is 0 Å². The van der Waals surface area contributed by atoms with E-state index in [4.69, 9.17) is 10.7 Å². The molecule has 0 amide bonds. The van der Waals surface area contributed by atoms with Crippen LogP contribution in [-0.4, -0.2) is 29.7 Å². The van der Waals surface area contributed by atoms with Crippen LogP contribution in [0.3, 0.4) is 0 Å². The minimum Gasteiger partial charge on any atom is -0.507 e. The first kappa shape index (κ1) is 18.2. The van der Waals surface area contributed by atoms with Crippen molar-refractivity contribution in [2.75, 3.05) is 11.1 Å². The summed E-state index contributed by atoms with van der Waals surface area (Å²) in [5.74, 6) is 1.01. The standard InChI is InChI=1S/C20H18N8O/c1-11-7-8-28-17(11)16(13-5-3-4-6-15(13)29)26-19(27-28)12(2)25-20-14(9-21)18(22)23-10-24-20/h3-8,10,12,29H,1-2H3,(H3,22,23,24,25). The first-order valence-electron chi connectivity index (χ1n) is 8.91. The van der Waals surface area contributed by atoms with Gasteiger partial charge in [-0.1, -0.05) is 12.1 Å². The van der Waals surface area contributed by atoms with E-state index >= 15 is 0 Å². The molecule has 0 spiro atoms. The van der Waals surface area contributed by atoms with Crippen molar-refractivity contribution in [1.29, 1.82) is 5.26 Å². The number of hydrogen-bond acceptors (Lipinski definition) is 8. The van der Waals surface area contributed by atoms with E-state index in [-0.39, 0.29) is 17.1 Å². The van der Waals surface area contributed by atoms with Crippen molar-refractivity contribution in [3.8, 4) is 23.1 Å². The average Bonchev–Trinajstić information content (AvgIpc) is 3.09. The fourth-order valence-electron chi connectivity index (χ4n) is 3.13. The largest absolute Gasteiger partial charge is 0.507 e. The number of anilines is 2. The number of rotatable bonds is 4. The monoisotopic (exact) mass is 386 g/mol. The van der Waals surface area contributed by atoms with Crippen LogP contribution in [-0.2, 0) is 0 Å². The maximum Gasteiger partial charge on any atom is 0.171 e. The van der Waals surface area contributed by atoms with Crippen LogP contribution in [0.1, 0.15) is 29.9 Å². The van der Waals surface area contributed by atoms with Gasteiger partial charge < -0.3 is 16.2 Å². The fourth-order valence-corrected chi connectivity index (χ4v) is 3.13. The number of aromatic hydroxyl groups is 1. The predicted octanol–water partition coefficient (Wildman–Crippen LogP) is 2.83. The molecule has 1 atom stereocenters. The quantitative estimate of drug-likeness (QED) is 0.487. The van der Waals surface area contributed by atoms with E-state index < -0.39 is 6.04 Å². The lowest BCUT2D eigenvalue weighted by atomic mass is 10.1. The third-order valence-electron chi connectivity index (χ3n) is 4.62. The number of fused-ring (bicyclic) bond motifs is 1. The first-order chi connectivity index (χ1) is 14.0. The minimum atomic E-state index is -0.395. The molecular formula is C20H18N8O. The SMILES string of the molecule is Cc1ccn2nc(C(C)Nc3ncnc(N)c3C#N)nc(-c3ccccc3O)c12. The third-order valence-corrected chi connectivity index (χ3v) is 4.62. The summed E-state index contributed by atoms with van der Waals surface area (Å²) in [6.45, 7) is 3.82. The number of aromatic nitrogens is 5. The van der Waals surface area contributed by atoms with Crippen LogP contribution in [0.2, 0.25) is 0 Å². The van der Waals surface area contributed by atoms with Crippen molar-refractivity contribution < 1.29 is 5.11 Å². The minimum absolute atomic E-state index is 0.101. The van der Waals surface area contributed by atoms with E-state index in [0.29, 0.717) is 22.9 Å². The second-order valence-corrected chi connectivity index (χ2v) is 6.59. The van der Waals surface area contributed by atoms with Crippen molar-refractivity contribution in [3.05, 3.63) is 59.8 Å². The number of benzene rings is 1. The molecule has 3 heterocycles. The number of nitrogens with zero attached hydrogens (tertiary/aromatic N) is 6. The number of aryl methyl sites for hydroxylation is 1. The van der Waals surface area contributed by atoms with Gasteiger partial charge in [-0.3, -0.25) is 0 Å². The summed E-state index contributed by atoms with van der Waals surface area (Å²) in [6.07, 6.45) is 3.13. The number of nitrogens with one attached hydrogen (secondary N) is 1. The Morgan fingerprint density at radius 1 is 1.24 bits per heavy atom. The maximum atomic E-state index is 10.4. The normalized spacial score (nSPS) is 11.9. The Kier molecular flexibility index (Phi) is 4.44. The molecule has 0 saturated heterocycles. The zero-order chi connectivity index (χ0) is 20.5. The first-order valence-corrected chi connectivity index (χ1v) is 8.91. The van der Waals surface area contributed by atoms with Gasteiger partial charge in [0, 0.05) is 11.8 Å². The zero-order valence-corrected chi connectivity index (χ0v) is 15.8. The van der Waals surface area contributed by atoms with Crippen LogP contribution in [0, 0.1) is 18.3 Å². The van der Waals surface area contributed by atoms with Crippen LogP contribution in [0.15, 0.2) is 42.9 Å². The Morgan fingerprint density at radius 2 is 2.03 bits per heavy atom. The van der Waals surface area contributed by atoms with Gasteiger partial charge in [-0.2, -0.15) is 10.4 Å². The van der Waals surface area contributed by atoms with Crippen LogP contribution in [0.25, 0.3) is 16.8 Å². The van der Waals surface area contributed by atoms with Crippen LogP contribution < -0.4 is 11.1 Å². The van der Waals surface area contributed by atoms with E-state index in [9.17, 15) is 10.4 Å². The number of phenols is 1. The highest BCUT2D eigenvalue weighted by Crippen LogP contribution is 2.33. The molecular weight excluding hydrogens is 368 g/mol. The van der Waals surface area contributed by atoms with E-state index in [0.717, 1.165) is 11.1 Å². The van der Waals surface area contributed by atoms with Crippen molar-refractivity contribution in [1.82, 2.24) is 24.6 Å². The smallest absolute Gasteiger partial charge is 0.171 e. The highest BCUT2D eigenvalue weighted by atomic mass is 16.3. The molecule has 9 heteroatoms. The Bertz CT molecular complexity index is 1260. The van der Waals surface area contributed by atoms with Gasteiger partial charge in [-0.15, -0.1) is 0 Å². The molecule has 144 valence electrons. The van der Waals surface area contributed by atoms with Gasteiger partial charge in [-0.25, -0.2) is 19.5 Å². The molecule has 9 nitrogen and oxygen atoms in total. The fraction of sp³-hybridized carbons (Fsp3) is 0.150. The molecule has 1 unspecified atom stereocenters. The molecule has 0 radical (unpaired) electrons. The van der Waals surface area contributed by atoms with Gasteiger partial charge in [0.2, 0.25) is 0 Å². The van der Waals surface area contributed by atoms with Gasteiger partial charge in [0.1, 0.15) is 41.0 Å². The molecule has 0 saturated carbocycles. The van der Waals surface area contributed by atoms with E-state index in [2.05, 4.69) is 20.4 Å². The lowest BCUT2D eigenvalue weighted by Gasteiger charge is -2.16. The Morgan fingerprint density at radius 3 is 2.79 bits per heavy atom. The molecule has 0 bridgehead atoms. The molecule has 0 aliphatic carbocycles. The number of nitriles is 1. The summed E-state index contributed by atoms with van der Waals surface area (Å²) >= 11 is 0. The number of para-hydroxylation sites is 1. The molecule has 4 aromatic rings. The van der Waals surface area contributed by atoms with Crippen molar-refractivity contribution in [2.24, 2.45) is 0 Å². The summed E-state index contributed by atoms with van der Waals surface area (Å²) in [6, 6.07) is 10.6. The topological polar surface area (TPSA) is 138 Å². The molecule has 0 fully saturated rings. The van der Waals surface area contributed by atoms with E-state index in [1.807, 2.05) is 44.3 Å². The maximum absolute atomic E-state index is 10.4. The average molecular weight is 386 g/mol. The van der Waals surface area contributed by atoms with Crippen molar-refractivity contribution >= 4 is 17.2 Å². The van der Waals surface area contributed by atoms with E-state index in [1.54, 1.807) is 16.6 Å². The number of nitrogens with two attached hydrogens (primary N) is 1. The number of phenolic OH excluding ortho intramolecular Hbond substituents is 1. The summed E-state index contributed by atoms with van der Waals surface area (Å²) in [4.78, 5) is 12.7. The van der Waals surface area contributed by atoms with Gasteiger partial charge in [0.05, 0.1) is 11.6 Å². The molecule has 0 aliphatic heterocycles. The van der Waals surface area contributed by atoms with Gasteiger partial charge in [0.15, 0.2) is 5.82 Å². The molecule has 4 rings (SSSR count). The zero-order valence-electron chi connectivity index (χ0n) is 15.8. The molecule has 29 heavy (non-hydrogen) atoms. The second-order valence-electron chi connectivity index (χ2n) is 6.59. The van der Waals surface area contributed by atoms with Crippen LogP contribution >= 0.6 is 0 Å². The third kappa shape index (κ3) is 3.17. The number of hydrogen-bond donors (Lipinski definition) is 3. The van der Waals surface area contributed by atoms with Gasteiger partial charge >= 0.3 is 0 Å². The van der Waals surface area contributed by atoms with Gasteiger partial charge in [-0.05, 0) is 37.6 Å². The summed E-state index contributed by atoms with van der Waals surface area (Å²) in [5.41, 5.74) is 8.96. The Hall–Kier alpha value is -4.19. The Labute approximate surface area is 166 Å². The van der Waals surface area contributed by atoms with Crippen LogP contribution in [0.4, 0.5) is 11.6 Å². The molecule has 1 aromatic carbocycles. The summed E-state index contributed by atoms with van der Waals surface area (Å²) < 4.78 is 1.73. The van der Waals surface area contributed by atoms with E-state index in [1.165, 1.54) is 6.33 Å². The second kappa shape index (κ2) is 7.09. The predicted molar refractivity (Wildman–Crippen MR) is 108 cm³/mol.